The van der Waals surface area contributed by atoms with Crippen LogP contribution in [0.3, 0.4) is 0 Å². The highest BCUT2D eigenvalue weighted by Gasteiger charge is 2.35. The monoisotopic (exact) mass is 315 g/mol. The van der Waals surface area contributed by atoms with Gasteiger partial charge >= 0.3 is 5.97 Å². The molecule has 5 nitrogen and oxygen atoms in total. The molecule has 0 saturated heterocycles. The molecule has 5 heteroatoms. The number of allylic oxidation sites excluding steroid dienone is 3. The molecule has 0 aromatic heterocycles. The van der Waals surface area contributed by atoms with Crippen molar-refractivity contribution in [2.24, 2.45) is 0 Å². The molecule has 2 rings (SSSR count). The van der Waals surface area contributed by atoms with Gasteiger partial charge in [-0.05, 0) is 38.5 Å². The molecular formula is C18H21NO4. The van der Waals surface area contributed by atoms with Crippen LogP contribution in [0.25, 0.3) is 0 Å². The van der Waals surface area contributed by atoms with E-state index in [1.54, 1.807) is 7.11 Å². The van der Waals surface area contributed by atoms with Crippen LogP contribution in [-0.4, -0.2) is 26.0 Å². The average molecular weight is 315 g/mol. The molecule has 0 fully saturated rings. The van der Waals surface area contributed by atoms with Crippen molar-refractivity contribution in [1.82, 2.24) is 5.32 Å². The Hall–Kier alpha value is -2.56. The fraction of sp³-hybridized carbons (Fsp3) is 0.333. The van der Waals surface area contributed by atoms with Gasteiger partial charge in [0, 0.05) is 22.9 Å². The van der Waals surface area contributed by atoms with Gasteiger partial charge in [0.15, 0.2) is 5.78 Å². The van der Waals surface area contributed by atoms with Gasteiger partial charge in [-0.2, -0.15) is 0 Å². The van der Waals surface area contributed by atoms with E-state index in [0.29, 0.717) is 22.6 Å². The molecule has 1 aromatic rings. The second kappa shape index (κ2) is 6.69. The van der Waals surface area contributed by atoms with E-state index < -0.39 is 11.9 Å². The predicted molar refractivity (Wildman–Crippen MR) is 87.0 cm³/mol. The maximum absolute atomic E-state index is 12.3. The molecule has 0 saturated carbocycles. The predicted octanol–water partition coefficient (Wildman–Crippen LogP) is 2.69. The first-order valence-corrected chi connectivity index (χ1v) is 7.32. The van der Waals surface area contributed by atoms with Crippen LogP contribution in [0.5, 0.6) is 5.75 Å². The largest absolute Gasteiger partial charge is 0.497 e. The van der Waals surface area contributed by atoms with Gasteiger partial charge in [-0.25, -0.2) is 4.79 Å². The maximum atomic E-state index is 12.3. The lowest BCUT2D eigenvalue weighted by molar-refractivity contribution is -0.136. The zero-order valence-corrected chi connectivity index (χ0v) is 14.0. The summed E-state index contributed by atoms with van der Waals surface area (Å²) in [6.45, 7) is 5.15. The Morgan fingerprint density at radius 1 is 1.00 bits per heavy atom. The summed E-state index contributed by atoms with van der Waals surface area (Å²) in [5, 5.41) is 3.11. The zero-order chi connectivity index (χ0) is 17.1. The quantitative estimate of drug-likeness (QED) is 0.866. The van der Waals surface area contributed by atoms with Gasteiger partial charge in [0.05, 0.1) is 19.8 Å². The summed E-state index contributed by atoms with van der Waals surface area (Å²) in [5.74, 6) is -0.257. The van der Waals surface area contributed by atoms with Gasteiger partial charge in [0.2, 0.25) is 0 Å². The Labute approximate surface area is 136 Å². The van der Waals surface area contributed by atoms with Crippen molar-refractivity contribution in [3.05, 3.63) is 52.4 Å². The summed E-state index contributed by atoms with van der Waals surface area (Å²) >= 11 is 0. The number of ether oxygens (including phenoxy) is 2. The number of carbonyl (C=O) groups excluding carboxylic acids is 2. The van der Waals surface area contributed by atoms with Crippen molar-refractivity contribution in [1.29, 1.82) is 0 Å². The van der Waals surface area contributed by atoms with E-state index in [9.17, 15) is 9.59 Å². The van der Waals surface area contributed by atoms with E-state index in [1.165, 1.54) is 14.0 Å². The van der Waals surface area contributed by atoms with Crippen LogP contribution < -0.4 is 10.1 Å². The first-order chi connectivity index (χ1) is 10.9. The van der Waals surface area contributed by atoms with Gasteiger partial charge in [0.1, 0.15) is 5.75 Å². The lowest BCUT2D eigenvalue weighted by atomic mass is 9.79. The van der Waals surface area contributed by atoms with E-state index in [4.69, 9.17) is 9.47 Å². The average Bonchev–Trinajstić information content (AvgIpc) is 2.53. The minimum atomic E-state index is -0.452. The molecule has 0 radical (unpaired) electrons. The third kappa shape index (κ3) is 3.13. The number of esters is 1. The van der Waals surface area contributed by atoms with E-state index in [-0.39, 0.29) is 5.78 Å². The number of carbonyl (C=O) groups is 2. The molecule has 1 aromatic carbocycles. The number of rotatable bonds is 4. The van der Waals surface area contributed by atoms with Crippen LogP contribution in [-0.2, 0) is 14.3 Å². The van der Waals surface area contributed by atoms with Crippen LogP contribution in [0.1, 0.15) is 32.3 Å². The van der Waals surface area contributed by atoms with Crippen molar-refractivity contribution in [3.63, 3.8) is 0 Å². The van der Waals surface area contributed by atoms with Crippen molar-refractivity contribution in [3.8, 4) is 5.75 Å². The molecule has 1 aliphatic rings. The van der Waals surface area contributed by atoms with Gasteiger partial charge in [-0.3, -0.25) is 4.79 Å². The molecule has 0 amide bonds. The Morgan fingerprint density at radius 3 is 2.04 bits per heavy atom. The summed E-state index contributed by atoms with van der Waals surface area (Å²) in [4.78, 5) is 24.5. The molecular weight excluding hydrogens is 294 g/mol. The molecule has 0 aliphatic carbocycles. The Balaban J connectivity index is 2.63. The number of methoxy groups -OCH3 is 2. The fourth-order valence-electron chi connectivity index (χ4n) is 2.97. The van der Waals surface area contributed by atoms with E-state index >= 15 is 0 Å². The third-order valence-corrected chi connectivity index (χ3v) is 3.99. The number of benzene rings is 1. The number of dihydropyridines is 1. The van der Waals surface area contributed by atoms with E-state index in [2.05, 4.69) is 5.32 Å². The van der Waals surface area contributed by atoms with Gasteiger partial charge in [0.25, 0.3) is 0 Å². The SMILES string of the molecule is COC(=O)C1=C(C)NC(C)=C(C(C)=O)[C@@H]1c1ccc(OC)cc1. The van der Waals surface area contributed by atoms with Crippen LogP contribution in [0.4, 0.5) is 0 Å². The molecule has 0 unspecified atom stereocenters. The molecule has 122 valence electrons. The van der Waals surface area contributed by atoms with Crippen LogP contribution in [0, 0.1) is 0 Å². The van der Waals surface area contributed by atoms with Gasteiger partial charge < -0.3 is 14.8 Å². The topological polar surface area (TPSA) is 64.6 Å². The number of hydrogen-bond acceptors (Lipinski definition) is 5. The molecule has 23 heavy (non-hydrogen) atoms. The standard InChI is InChI=1S/C18H21NO4/c1-10-15(12(3)20)17(13-6-8-14(22-4)9-7-13)16(11(2)19-10)18(21)23-5/h6-9,17,19H,1-5H3/t17-/m0/s1. The smallest absolute Gasteiger partial charge is 0.336 e. The summed E-state index contributed by atoms with van der Waals surface area (Å²) in [6, 6.07) is 7.35. The Morgan fingerprint density at radius 2 is 1.57 bits per heavy atom. The number of nitrogens with one attached hydrogen (secondary N) is 1. The number of hydrogen-bond donors (Lipinski definition) is 1. The Bertz CT molecular complexity index is 698. The van der Waals surface area contributed by atoms with Crippen LogP contribution >= 0.6 is 0 Å². The molecule has 1 aliphatic heterocycles. The van der Waals surface area contributed by atoms with Crippen molar-refractivity contribution >= 4 is 11.8 Å². The second-order valence-electron chi connectivity index (χ2n) is 5.46. The zero-order valence-electron chi connectivity index (χ0n) is 14.0. The lowest BCUT2D eigenvalue weighted by Gasteiger charge is -2.30. The maximum Gasteiger partial charge on any atom is 0.336 e. The molecule has 0 spiro atoms. The van der Waals surface area contributed by atoms with Crippen LogP contribution in [0.2, 0.25) is 0 Å². The second-order valence-corrected chi connectivity index (χ2v) is 5.46. The van der Waals surface area contributed by atoms with Gasteiger partial charge in [-0.15, -0.1) is 0 Å². The minimum Gasteiger partial charge on any atom is -0.497 e. The highest BCUT2D eigenvalue weighted by Crippen LogP contribution is 2.39. The molecule has 1 N–H and O–H groups in total. The molecule has 1 atom stereocenters. The fourth-order valence-corrected chi connectivity index (χ4v) is 2.97. The highest BCUT2D eigenvalue weighted by atomic mass is 16.5. The summed E-state index contributed by atoms with van der Waals surface area (Å²) < 4.78 is 10.1. The summed E-state index contributed by atoms with van der Waals surface area (Å²) in [7, 11) is 2.93. The van der Waals surface area contributed by atoms with Crippen molar-refractivity contribution in [2.75, 3.05) is 14.2 Å². The van der Waals surface area contributed by atoms with Crippen molar-refractivity contribution < 1.29 is 19.1 Å². The molecule has 0 bridgehead atoms. The first-order valence-electron chi connectivity index (χ1n) is 7.32. The normalized spacial score (nSPS) is 17.7. The summed E-state index contributed by atoms with van der Waals surface area (Å²) in [5.41, 5.74) is 3.31. The van der Waals surface area contributed by atoms with Crippen LogP contribution in [0.15, 0.2) is 46.8 Å². The Kier molecular flexibility index (Phi) is 4.89. The number of Topliss-reactive ketones (excluding diaryl/α,β-unsaturated/α-hetero) is 1. The van der Waals surface area contributed by atoms with Crippen molar-refractivity contribution in [2.45, 2.75) is 26.7 Å². The number of ketones is 1. The molecule has 1 heterocycles. The highest BCUT2D eigenvalue weighted by molar-refractivity contribution is 6.02. The van der Waals surface area contributed by atoms with E-state index in [0.717, 1.165) is 11.3 Å². The third-order valence-electron chi connectivity index (χ3n) is 3.99. The first kappa shape index (κ1) is 16.8. The minimum absolute atomic E-state index is 0.0790. The lowest BCUT2D eigenvalue weighted by Crippen LogP contribution is -2.30. The van der Waals surface area contributed by atoms with E-state index in [1.807, 2.05) is 38.1 Å². The summed E-state index contributed by atoms with van der Waals surface area (Å²) in [6.07, 6.45) is 0. The van der Waals surface area contributed by atoms with Gasteiger partial charge in [-0.1, -0.05) is 12.1 Å².